The van der Waals surface area contributed by atoms with Crippen LogP contribution in [0, 0.1) is 6.92 Å². The first-order valence-electron chi connectivity index (χ1n) is 6.91. The summed E-state index contributed by atoms with van der Waals surface area (Å²) in [7, 11) is 1.56. The largest absolute Gasteiger partial charge is 0.342 e. The summed E-state index contributed by atoms with van der Waals surface area (Å²) in [6.07, 6.45) is 4.41. The molecule has 7 heteroatoms. The Morgan fingerprint density at radius 3 is 2.78 bits per heavy atom. The molecular formula is C16H17N3O4. The van der Waals surface area contributed by atoms with Gasteiger partial charge >= 0.3 is 0 Å². The highest BCUT2D eigenvalue weighted by molar-refractivity contribution is 6.05. The topological polar surface area (TPSA) is 98.7 Å². The standard InChI is InChI=1S/C16H17N3O4/c1-10-7-11(3-4-12(10)5-6-14(20)18-23)8-13-16(22)17-9-15(21)19(13)2/h3-8,23H,9H2,1-2H3,(H,17,22)(H,18,20)/b6-5+,13-8-. The van der Waals surface area contributed by atoms with Crippen LogP contribution in [-0.2, 0) is 14.4 Å². The van der Waals surface area contributed by atoms with Crippen molar-refractivity contribution in [3.63, 3.8) is 0 Å². The fourth-order valence-corrected chi connectivity index (χ4v) is 2.15. The van der Waals surface area contributed by atoms with Gasteiger partial charge in [0.2, 0.25) is 5.91 Å². The number of nitrogens with zero attached hydrogens (tertiary/aromatic N) is 1. The summed E-state index contributed by atoms with van der Waals surface area (Å²) in [5.74, 6) is -1.09. The van der Waals surface area contributed by atoms with Gasteiger partial charge in [-0.3, -0.25) is 19.6 Å². The molecule has 1 aliphatic heterocycles. The van der Waals surface area contributed by atoms with Crippen LogP contribution in [0.5, 0.6) is 0 Å². The van der Waals surface area contributed by atoms with Gasteiger partial charge in [-0.25, -0.2) is 5.48 Å². The molecule has 3 amide bonds. The molecule has 1 fully saturated rings. The lowest BCUT2D eigenvalue weighted by molar-refractivity contribution is -0.135. The first-order valence-corrected chi connectivity index (χ1v) is 6.91. The number of likely N-dealkylation sites (N-methyl/N-ethyl adjacent to an activating group) is 1. The Bertz CT molecular complexity index is 722. The Morgan fingerprint density at radius 2 is 2.13 bits per heavy atom. The molecular weight excluding hydrogens is 298 g/mol. The molecule has 0 aliphatic carbocycles. The van der Waals surface area contributed by atoms with Gasteiger partial charge in [-0.1, -0.05) is 18.2 Å². The Balaban J connectivity index is 2.28. The third kappa shape index (κ3) is 3.83. The fourth-order valence-electron chi connectivity index (χ4n) is 2.15. The lowest BCUT2D eigenvalue weighted by Crippen LogP contribution is -2.47. The average Bonchev–Trinajstić information content (AvgIpc) is 2.54. The fraction of sp³-hybridized carbons (Fsp3) is 0.188. The predicted molar refractivity (Wildman–Crippen MR) is 83.9 cm³/mol. The minimum Gasteiger partial charge on any atom is -0.342 e. The highest BCUT2D eigenvalue weighted by Crippen LogP contribution is 2.17. The van der Waals surface area contributed by atoms with E-state index < -0.39 is 5.91 Å². The molecule has 1 aromatic rings. The Hall–Kier alpha value is -2.93. The van der Waals surface area contributed by atoms with Crippen LogP contribution in [0.4, 0.5) is 0 Å². The minimum atomic E-state index is -0.616. The number of benzene rings is 1. The van der Waals surface area contributed by atoms with Gasteiger partial charge in [0.25, 0.3) is 11.8 Å². The summed E-state index contributed by atoms with van der Waals surface area (Å²) in [6, 6.07) is 5.39. The molecule has 0 unspecified atom stereocenters. The zero-order chi connectivity index (χ0) is 17.0. The summed E-state index contributed by atoms with van der Waals surface area (Å²) < 4.78 is 0. The van der Waals surface area contributed by atoms with E-state index in [2.05, 4.69) is 5.32 Å². The number of hydroxylamine groups is 1. The second-order valence-electron chi connectivity index (χ2n) is 5.09. The Morgan fingerprint density at radius 1 is 1.39 bits per heavy atom. The van der Waals surface area contributed by atoms with Crippen molar-refractivity contribution < 1.29 is 19.6 Å². The zero-order valence-electron chi connectivity index (χ0n) is 12.8. The van der Waals surface area contributed by atoms with E-state index in [4.69, 9.17) is 5.21 Å². The van der Waals surface area contributed by atoms with Crippen molar-refractivity contribution in [1.82, 2.24) is 15.7 Å². The van der Waals surface area contributed by atoms with Gasteiger partial charge in [0.15, 0.2) is 0 Å². The number of aryl methyl sites for hydroxylation is 1. The number of hydrogen-bond acceptors (Lipinski definition) is 4. The molecule has 1 aliphatic rings. The zero-order valence-corrected chi connectivity index (χ0v) is 12.8. The maximum absolute atomic E-state index is 11.9. The van der Waals surface area contributed by atoms with E-state index in [1.54, 1.807) is 31.3 Å². The molecule has 1 heterocycles. The van der Waals surface area contributed by atoms with Crippen LogP contribution < -0.4 is 10.8 Å². The molecule has 23 heavy (non-hydrogen) atoms. The quantitative estimate of drug-likeness (QED) is 0.428. The highest BCUT2D eigenvalue weighted by Gasteiger charge is 2.25. The molecule has 0 spiro atoms. The summed E-state index contributed by atoms with van der Waals surface area (Å²) in [5, 5.41) is 11.0. The van der Waals surface area contributed by atoms with Gasteiger partial charge in [-0.15, -0.1) is 0 Å². The van der Waals surface area contributed by atoms with Gasteiger partial charge in [0.1, 0.15) is 5.70 Å². The van der Waals surface area contributed by atoms with E-state index in [0.29, 0.717) is 0 Å². The molecule has 0 saturated carbocycles. The number of amides is 3. The Kier molecular flexibility index (Phi) is 4.92. The van der Waals surface area contributed by atoms with Gasteiger partial charge < -0.3 is 10.2 Å². The number of carbonyl (C=O) groups excluding carboxylic acids is 3. The number of rotatable bonds is 3. The third-order valence-electron chi connectivity index (χ3n) is 3.49. The van der Waals surface area contributed by atoms with Crippen LogP contribution in [0.15, 0.2) is 30.0 Å². The van der Waals surface area contributed by atoms with E-state index in [1.807, 2.05) is 13.0 Å². The number of nitrogens with one attached hydrogen (secondary N) is 2. The molecule has 2 rings (SSSR count). The van der Waals surface area contributed by atoms with E-state index in [9.17, 15) is 14.4 Å². The highest BCUT2D eigenvalue weighted by atomic mass is 16.5. The minimum absolute atomic E-state index is 0.00234. The van der Waals surface area contributed by atoms with Crippen LogP contribution in [0.2, 0.25) is 0 Å². The molecule has 7 nitrogen and oxygen atoms in total. The molecule has 1 aromatic carbocycles. The monoisotopic (exact) mass is 315 g/mol. The molecule has 0 radical (unpaired) electrons. The maximum Gasteiger partial charge on any atom is 0.268 e. The van der Waals surface area contributed by atoms with Crippen LogP contribution in [-0.4, -0.2) is 41.4 Å². The molecule has 1 saturated heterocycles. The van der Waals surface area contributed by atoms with Crippen LogP contribution in [0.25, 0.3) is 12.2 Å². The van der Waals surface area contributed by atoms with E-state index in [-0.39, 0.29) is 24.1 Å². The SMILES string of the molecule is Cc1cc(/C=C2/C(=O)NCC(=O)N2C)ccc1/C=C/C(=O)NO. The molecule has 120 valence electrons. The van der Waals surface area contributed by atoms with Crippen molar-refractivity contribution in [3.05, 3.63) is 46.7 Å². The third-order valence-corrected chi connectivity index (χ3v) is 3.49. The van der Waals surface area contributed by atoms with Crippen molar-refractivity contribution in [2.75, 3.05) is 13.6 Å². The van der Waals surface area contributed by atoms with Crippen molar-refractivity contribution >= 4 is 29.9 Å². The van der Waals surface area contributed by atoms with Crippen molar-refractivity contribution in [2.45, 2.75) is 6.92 Å². The number of carbonyl (C=O) groups is 3. The van der Waals surface area contributed by atoms with Crippen molar-refractivity contribution in [2.24, 2.45) is 0 Å². The second-order valence-corrected chi connectivity index (χ2v) is 5.09. The molecule has 0 aromatic heterocycles. The molecule has 0 atom stereocenters. The first-order chi connectivity index (χ1) is 10.9. The van der Waals surface area contributed by atoms with Gasteiger partial charge in [-0.2, -0.15) is 0 Å². The van der Waals surface area contributed by atoms with E-state index >= 15 is 0 Å². The van der Waals surface area contributed by atoms with Crippen molar-refractivity contribution in [1.29, 1.82) is 0 Å². The summed E-state index contributed by atoms with van der Waals surface area (Å²) in [4.78, 5) is 35.8. The summed E-state index contributed by atoms with van der Waals surface area (Å²) in [5.41, 5.74) is 4.24. The molecule has 0 bridgehead atoms. The van der Waals surface area contributed by atoms with Crippen LogP contribution in [0.3, 0.4) is 0 Å². The normalized spacial score (nSPS) is 16.8. The van der Waals surface area contributed by atoms with Gasteiger partial charge in [-0.05, 0) is 35.8 Å². The second kappa shape index (κ2) is 6.89. The van der Waals surface area contributed by atoms with E-state index in [1.165, 1.54) is 16.5 Å². The molecule has 3 N–H and O–H groups in total. The Labute approximate surface area is 133 Å². The van der Waals surface area contributed by atoms with Crippen molar-refractivity contribution in [3.8, 4) is 0 Å². The smallest absolute Gasteiger partial charge is 0.268 e. The lowest BCUT2D eigenvalue weighted by Gasteiger charge is -2.25. The van der Waals surface area contributed by atoms with Gasteiger partial charge in [0.05, 0.1) is 6.54 Å². The lowest BCUT2D eigenvalue weighted by atomic mass is 10.0. The number of hydrogen-bond donors (Lipinski definition) is 3. The maximum atomic E-state index is 11.9. The average molecular weight is 315 g/mol. The van der Waals surface area contributed by atoms with Crippen LogP contribution in [0.1, 0.15) is 16.7 Å². The number of piperazine rings is 1. The first kappa shape index (κ1) is 16.4. The predicted octanol–water partition coefficient (Wildman–Crippen LogP) is 0.443. The summed E-state index contributed by atoms with van der Waals surface area (Å²) >= 11 is 0. The van der Waals surface area contributed by atoms with E-state index in [0.717, 1.165) is 16.7 Å². The van der Waals surface area contributed by atoms with Gasteiger partial charge in [0, 0.05) is 13.1 Å². The van der Waals surface area contributed by atoms with Crippen LogP contribution >= 0.6 is 0 Å². The summed E-state index contributed by atoms with van der Waals surface area (Å²) in [6.45, 7) is 1.86.